The normalized spacial score (nSPS) is 10.5. The molecule has 2 aromatic heterocycles. The number of carbonyl (C=O) groups is 2. The van der Waals surface area contributed by atoms with Gasteiger partial charge in [0.2, 0.25) is 0 Å². The van der Waals surface area contributed by atoms with Gasteiger partial charge >= 0.3 is 5.97 Å². The van der Waals surface area contributed by atoms with Crippen LogP contribution in [-0.2, 0) is 0 Å². The lowest BCUT2D eigenvalue weighted by Crippen LogP contribution is -2.13. The molecule has 0 fully saturated rings. The van der Waals surface area contributed by atoms with Gasteiger partial charge in [0.05, 0.1) is 16.1 Å². The zero-order chi connectivity index (χ0) is 16.4. The summed E-state index contributed by atoms with van der Waals surface area (Å²) < 4.78 is 0. The molecule has 0 atom stereocenters. The summed E-state index contributed by atoms with van der Waals surface area (Å²) in [5.41, 5.74) is 1.63. The maximum atomic E-state index is 12.1. The van der Waals surface area contributed by atoms with E-state index in [0.29, 0.717) is 21.2 Å². The Balaban J connectivity index is 1.97. The number of amides is 1. The first-order chi connectivity index (χ1) is 11.1. The van der Waals surface area contributed by atoms with E-state index in [2.05, 4.69) is 5.32 Å². The molecule has 7 heteroatoms. The van der Waals surface area contributed by atoms with Crippen molar-refractivity contribution in [3.63, 3.8) is 0 Å². The molecule has 2 N–H and O–H groups in total. The number of rotatable bonds is 4. The summed E-state index contributed by atoms with van der Waals surface area (Å²) in [7, 11) is 0. The number of thiophene rings is 2. The summed E-state index contributed by atoms with van der Waals surface area (Å²) >= 11 is 8.54. The van der Waals surface area contributed by atoms with Crippen molar-refractivity contribution in [1.82, 2.24) is 0 Å². The van der Waals surface area contributed by atoms with Gasteiger partial charge in [-0.15, -0.1) is 11.3 Å². The van der Waals surface area contributed by atoms with Crippen LogP contribution in [0.4, 0.5) is 5.69 Å². The Morgan fingerprint density at radius 1 is 1.09 bits per heavy atom. The molecule has 1 aromatic carbocycles. The monoisotopic (exact) mass is 363 g/mol. The maximum absolute atomic E-state index is 12.1. The summed E-state index contributed by atoms with van der Waals surface area (Å²) in [6.07, 6.45) is 0. The van der Waals surface area contributed by atoms with Gasteiger partial charge in [-0.2, -0.15) is 11.3 Å². The van der Waals surface area contributed by atoms with Crippen LogP contribution in [-0.4, -0.2) is 17.0 Å². The number of benzene rings is 1. The molecule has 4 nitrogen and oxygen atoms in total. The van der Waals surface area contributed by atoms with Gasteiger partial charge in [-0.1, -0.05) is 23.7 Å². The SMILES string of the molecule is O=C(Nc1csc(-c2ccc(Cl)cc2)c1C(=O)O)c1ccsc1. The third-order valence-corrected chi connectivity index (χ3v) is 5.11. The Morgan fingerprint density at radius 2 is 1.83 bits per heavy atom. The summed E-state index contributed by atoms with van der Waals surface area (Å²) in [6, 6.07) is 8.60. The van der Waals surface area contributed by atoms with E-state index in [1.807, 2.05) is 0 Å². The van der Waals surface area contributed by atoms with Gasteiger partial charge in [-0.3, -0.25) is 4.79 Å². The number of aromatic carboxylic acids is 1. The number of hydrogen-bond acceptors (Lipinski definition) is 4. The minimum Gasteiger partial charge on any atom is -0.478 e. The first-order valence-corrected chi connectivity index (χ1v) is 8.70. The zero-order valence-corrected chi connectivity index (χ0v) is 14.0. The van der Waals surface area contributed by atoms with Gasteiger partial charge in [-0.05, 0) is 29.1 Å². The summed E-state index contributed by atoms with van der Waals surface area (Å²) in [5.74, 6) is -1.41. The van der Waals surface area contributed by atoms with E-state index >= 15 is 0 Å². The summed E-state index contributed by atoms with van der Waals surface area (Å²) in [6.45, 7) is 0. The second-order valence-corrected chi connectivity index (χ2v) is 6.73. The molecule has 3 aromatic rings. The summed E-state index contributed by atoms with van der Waals surface area (Å²) in [4.78, 5) is 24.4. The Hall–Kier alpha value is -2.15. The van der Waals surface area contributed by atoms with Gasteiger partial charge in [-0.25, -0.2) is 4.79 Å². The number of hydrogen-bond donors (Lipinski definition) is 2. The molecule has 23 heavy (non-hydrogen) atoms. The van der Waals surface area contributed by atoms with Crippen molar-refractivity contribution in [3.8, 4) is 10.4 Å². The predicted molar refractivity (Wildman–Crippen MR) is 94.0 cm³/mol. The number of anilines is 1. The molecule has 2 heterocycles. The van der Waals surface area contributed by atoms with Crippen molar-refractivity contribution in [2.45, 2.75) is 0 Å². The fourth-order valence-electron chi connectivity index (χ4n) is 2.06. The largest absolute Gasteiger partial charge is 0.478 e. The molecule has 0 aliphatic heterocycles. The molecule has 0 saturated carbocycles. The van der Waals surface area contributed by atoms with Gasteiger partial charge in [0.15, 0.2) is 0 Å². The van der Waals surface area contributed by atoms with Crippen LogP contribution in [0.25, 0.3) is 10.4 Å². The third-order valence-electron chi connectivity index (χ3n) is 3.14. The highest BCUT2D eigenvalue weighted by Crippen LogP contribution is 2.36. The average Bonchev–Trinajstić information content (AvgIpc) is 3.17. The molecule has 3 rings (SSSR count). The van der Waals surface area contributed by atoms with Crippen molar-refractivity contribution in [2.24, 2.45) is 0 Å². The lowest BCUT2D eigenvalue weighted by Gasteiger charge is -2.05. The topological polar surface area (TPSA) is 66.4 Å². The van der Waals surface area contributed by atoms with Gasteiger partial charge < -0.3 is 10.4 Å². The van der Waals surface area contributed by atoms with Crippen LogP contribution >= 0.6 is 34.3 Å². The maximum Gasteiger partial charge on any atom is 0.339 e. The number of carboxylic acid groups (broad SMARTS) is 1. The Bertz CT molecular complexity index is 854. The van der Waals surface area contributed by atoms with E-state index in [1.54, 1.807) is 46.5 Å². The van der Waals surface area contributed by atoms with Crippen molar-refractivity contribution in [3.05, 3.63) is 62.6 Å². The smallest absolute Gasteiger partial charge is 0.339 e. The molecule has 0 aliphatic carbocycles. The standard InChI is InChI=1S/C16H10ClNO3S2/c17-11-3-1-9(2-4-11)14-13(16(20)21)12(8-23-14)18-15(19)10-5-6-22-7-10/h1-8H,(H,18,19)(H,20,21). The molecule has 0 aliphatic rings. The molecular weight excluding hydrogens is 354 g/mol. The number of carboxylic acids is 1. The fraction of sp³-hybridized carbons (Fsp3) is 0. The zero-order valence-electron chi connectivity index (χ0n) is 11.6. The van der Waals surface area contributed by atoms with E-state index in [-0.39, 0.29) is 11.5 Å². The summed E-state index contributed by atoms with van der Waals surface area (Å²) in [5, 5.41) is 17.9. The first kappa shape index (κ1) is 15.7. The quantitative estimate of drug-likeness (QED) is 0.679. The lowest BCUT2D eigenvalue weighted by molar-refractivity contribution is 0.0699. The predicted octanol–water partition coefficient (Wildman–Crippen LogP) is 5.08. The number of carbonyl (C=O) groups excluding carboxylic acids is 1. The Labute approximate surface area is 145 Å². The highest BCUT2D eigenvalue weighted by molar-refractivity contribution is 7.14. The third kappa shape index (κ3) is 3.29. The minimum absolute atomic E-state index is 0.0842. The molecule has 0 radical (unpaired) electrons. The van der Waals surface area contributed by atoms with Crippen molar-refractivity contribution >= 4 is 51.8 Å². The van der Waals surface area contributed by atoms with Crippen molar-refractivity contribution in [2.75, 3.05) is 5.32 Å². The Kier molecular flexibility index (Phi) is 4.47. The van der Waals surface area contributed by atoms with Crippen LogP contribution in [0.3, 0.4) is 0 Å². The van der Waals surface area contributed by atoms with Crippen LogP contribution in [0, 0.1) is 0 Å². The van der Waals surface area contributed by atoms with Gasteiger partial charge in [0.25, 0.3) is 5.91 Å². The number of nitrogens with one attached hydrogen (secondary N) is 1. The Morgan fingerprint density at radius 3 is 2.43 bits per heavy atom. The fourth-order valence-corrected chi connectivity index (χ4v) is 3.83. The van der Waals surface area contributed by atoms with Crippen molar-refractivity contribution < 1.29 is 14.7 Å². The van der Waals surface area contributed by atoms with Gasteiger partial charge in [0, 0.05) is 15.8 Å². The van der Waals surface area contributed by atoms with E-state index < -0.39 is 5.97 Å². The van der Waals surface area contributed by atoms with E-state index in [4.69, 9.17) is 11.6 Å². The highest BCUT2D eigenvalue weighted by Gasteiger charge is 2.21. The van der Waals surface area contributed by atoms with Crippen LogP contribution in [0.15, 0.2) is 46.5 Å². The van der Waals surface area contributed by atoms with E-state index in [1.165, 1.54) is 22.7 Å². The minimum atomic E-state index is -1.09. The molecular formula is C16H10ClNO3S2. The second-order valence-electron chi connectivity index (χ2n) is 4.63. The molecule has 0 saturated heterocycles. The van der Waals surface area contributed by atoms with E-state index in [9.17, 15) is 14.7 Å². The molecule has 0 bridgehead atoms. The van der Waals surface area contributed by atoms with Crippen LogP contribution in [0.2, 0.25) is 5.02 Å². The number of halogens is 1. The van der Waals surface area contributed by atoms with E-state index in [0.717, 1.165) is 5.56 Å². The molecule has 116 valence electrons. The lowest BCUT2D eigenvalue weighted by atomic mass is 10.1. The van der Waals surface area contributed by atoms with Crippen LogP contribution < -0.4 is 5.32 Å². The van der Waals surface area contributed by atoms with Gasteiger partial charge in [0.1, 0.15) is 5.56 Å². The van der Waals surface area contributed by atoms with Crippen molar-refractivity contribution in [1.29, 1.82) is 0 Å². The second kappa shape index (κ2) is 6.54. The average molecular weight is 364 g/mol. The highest BCUT2D eigenvalue weighted by atomic mass is 35.5. The van der Waals surface area contributed by atoms with Crippen LogP contribution in [0.5, 0.6) is 0 Å². The van der Waals surface area contributed by atoms with Crippen LogP contribution in [0.1, 0.15) is 20.7 Å². The molecule has 0 unspecified atom stereocenters. The first-order valence-electron chi connectivity index (χ1n) is 6.50. The molecule has 0 spiro atoms. The molecule has 1 amide bonds.